The number of anilines is 1. The number of aliphatic imine (C=N–C) groups is 2. The van der Waals surface area contributed by atoms with Crippen LogP contribution in [-0.4, -0.2) is 35.5 Å². The van der Waals surface area contributed by atoms with Crippen molar-refractivity contribution in [3.05, 3.63) is 35.9 Å². The Morgan fingerprint density at radius 3 is 2.65 bits per heavy atom. The first-order chi connectivity index (χ1) is 9.60. The molecule has 1 aromatic rings. The first kappa shape index (κ1) is 14.1. The quantitative estimate of drug-likeness (QED) is 0.820. The van der Waals surface area contributed by atoms with E-state index in [1.54, 1.807) is 25.1 Å². The second-order valence-corrected chi connectivity index (χ2v) is 4.57. The van der Waals surface area contributed by atoms with Gasteiger partial charge in [0.25, 0.3) is 0 Å². The molecule has 3 N–H and O–H groups in total. The summed E-state index contributed by atoms with van der Waals surface area (Å²) in [5, 5.41) is 8.86. The van der Waals surface area contributed by atoms with Crippen LogP contribution in [0.15, 0.2) is 45.9 Å². The predicted octanol–water partition coefficient (Wildman–Crippen LogP) is 1.69. The second-order valence-electron chi connectivity index (χ2n) is 4.57. The molecule has 0 fully saturated rings. The van der Waals surface area contributed by atoms with E-state index in [1.165, 1.54) is 0 Å². The highest BCUT2D eigenvalue weighted by atomic mass is 16.3. The lowest BCUT2D eigenvalue weighted by molar-refractivity contribution is -0.114. The Labute approximate surface area is 117 Å². The number of carbonyl (C=O) groups is 1. The molecule has 20 heavy (non-hydrogen) atoms. The van der Waals surface area contributed by atoms with Crippen molar-refractivity contribution in [2.45, 2.75) is 13.3 Å². The van der Waals surface area contributed by atoms with E-state index in [1.807, 2.05) is 12.1 Å². The smallest absolute Gasteiger partial charge is 0.164 e. The van der Waals surface area contributed by atoms with Crippen molar-refractivity contribution in [2.75, 3.05) is 18.9 Å². The van der Waals surface area contributed by atoms with Gasteiger partial charge < -0.3 is 10.8 Å². The molecule has 0 spiro atoms. The van der Waals surface area contributed by atoms with E-state index in [0.717, 1.165) is 5.69 Å². The Morgan fingerprint density at radius 1 is 1.30 bits per heavy atom. The van der Waals surface area contributed by atoms with Crippen LogP contribution in [0.2, 0.25) is 0 Å². The van der Waals surface area contributed by atoms with Gasteiger partial charge in [0.15, 0.2) is 5.78 Å². The lowest BCUT2D eigenvalue weighted by atomic mass is 9.95. The molecule has 1 aliphatic carbocycles. The monoisotopic (exact) mass is 271 g/mol. The number of hydrogen-bond acceptors (Lipinski definition) is 5. The zero-order chi connectivity index (χ0) is 14.5. The number of hydrogen-bond donors (Lipinski definition) is 2. The molecule has 0 saturated heterocycles. The first-order valence-corrected chi connectivity index (χ1v) is 6.40. The van der Waals surface area contributed by atoms with Crippen molar-refractivity contribution in [1.29, 1.82) is 0 Å². The Hall–Kier alpha value is -2.27. The van der Waals surface area contributed by atoms with Gasteiger partial charge in [-0.2, -0.15) is 0 Å². The molecule has 0 aliphatic heterocycles. The molecule has 2 rings (SSSR count). The molecule has 5 nitrogen and oxygen atoms in total. The fraction of sp³-hybridized carbons (Fsp3) is 0.267. The molecular weight excluding hydrogens is 254 g/mol. The summed E-state index contributed by atoms with van der Waals surface area (Å²) in [4.78, 5) is 20.5. The molecule has 1 aliphatic rings. The Balaban J connectivity index is 2.38. The van der Waals surface area contributed by atoms with Gasteiger partial charge in [-0.25, -0.2) is 4.99 Å². The molecule has 1 aromatic carbocycles. The number of nitrogens with two attached hydrogens (primary N) is 1. The summed E-state index contributed by atoms with van der Waals surface area (Å²) in [7, 11) is 0. The highest BCUT2D eigenvalue weighted by Gasteiger charge is 2.20. The zero-order valence-electron chi connectivity index (χ0n) is 11.3. The summed E-state index contributed by atoms with van der Waals surface area (Å²) in [6.07, 6.45) is 1.97. The molecular formula is C15H17N3O2. The molecule has 0 unspecified atom stereocenters. The average Bonchev–Trinajstić information content (AvgIpc) is 2.43. The van der Waals surface area contributed by atoms with Gasteiger partial charge in [-0.05, 0) is 42.8 Å². The fourth-order valence-electron chi connectivity index (χ4n) is 1.86. The molecule has 0 bridgehead atoms. The first-order valence-electron chi connectivity index (χ1n) is 6.40. The van der Waals surface area contributed by atoms with Crippen molar-refractivity contribution in [1.82, 2.24) is 0 Å². The zero-order valence-corrected chi connectivity index (χ0v) is 11.3. The van der Waals surface area contributed by atoms with Gasteiger partial charge in [-0.3, -0.25) is 9.79 Å². The minimum Gasteiger partial charge on any atom is -0.399 e. The van der Waals surface area contributed by atoms with Crippen LogP contribution in [0.3, 0.4) is 0 Å². The fourth-order valence-corrected chi connectivity index (χ4v) is 1.86. The summed E-state index contributed by atoms with van der Waals surface area (Å²) in [6, 6.07) is 7.17. The van der Waals surface area contributed by atoms with Crippen molar-refractivity contribution in [3.63, 3.8) is 0 Å². The van der Waals surface area contributed by atoms with Gasteiger partial charge in [-0.1, -0.05) is 0 Å². The summed E-state index contributed by atoms with van der Waals surface area (Å²) in [6.45, 7) is 2.00. The van der Waals surface area contributed by atoms with Crippen molar-refractivity contribution in [3.8, 4) is 0 Å². The SMILES string of the molecule is CC1=CC(=Nc2ccc(N)cc2)C(=NCCO)CC1=O. The number of nitrogen functional groups attached to an aromatic ring is 1. The minimum atomic E-state index is -0.0461. The average molecular weight is 271 g/mol. The van der Waals surface area contributed by atoms with Gasteiger partial charge in [0.1, 0.15) is 0 Å². The van der Waals surface area contributed by atoms with Crippen LogP contribution in [0.5, 0.6) is 0 Å². The second kappa shape index (κ2) is 6.25. The van der Waals surface area contributed by atoms with Gasteiger partial charge in [0, 0.05) is 5.69 Å². The van der Waals surface area contributed by atoms with Gasteiger partial charge in [-0.15, -0.1) is 0 Å². The molecule has 0 atom stereocenters. The molecule has 104 valence electrons. The number of aliphatic hydroxyl groups is 1. The number of carbonyl (C=O) groups excluding carboxylic acids is 1. The molecule has 0 radical (unpaired) electrons. The van der Waals surface area contributed by atoms with Crippen LogP contribution in [0, 0.1) is 0 Å². The van der Waals surface area contributed by atoms with Gasteiger partial charge in [0.05, 0.1) is 36.7 Å². The van der Waals surface area contributed by atoms with Crippen LogP contribution in [0.4, 0.5) is 11.4 Å². The largest absolute Gasteiger partial charge is 0.399 e. The van der Waals surface area contributed by atoms with Crippen LogP contribution in [0.25, 0.3) is 0 Å². The summed E-state index contributed by atoms with van der Waals surface area (Å²) in [5.74, 6) is 0.0398. The Kier molecular flexibility index (Phi) is 4.42. The van der Waals surface area contributed by atoms with E-state index < -0.39 is 0 Å². The number of benzene rings is 1. The molecule has 5 heteroatoms. The summed E-state index contributed by atoms with van der Waals surface area (Å²) < 4.78 is 0. The van der Waals surface area contributed by atoms with Gasteiger partial charge in [0.2, 0.25) is 0 Å². The Morgan fingerprint density at radius 2 is 2.00 bits per heavy atom. The third-order valence-corrected chi connectivity index (χ3v) is 2.96. The number of nitrogens with zero attached hydrogens (tertiary/aromatic N) is 2. The molecule has 0 saturated carbocycles. The van der Waals surface area contributed by atoms with E-state index >= 15 is 0 Å². The molecule has 0 heterocycles. The van der Waals surface area contributed by atoms with Crippen molar-refractivity contribution in [2.24, 2.45) is 9.98 Å². The highest BCUT2D eigenvalue weighted by molar-refractivity contribution is 6.52. The third kappa shape index (κ3) is 3.39. The standard InChI is InChI=1S/C15H17N3O2/c1-10-8-14(13(9-15(10)20)17-6-7-19)18-12-4-2-11(16)3-5-12/h2-5,8,19H,6-7,9,16H2,1H3. The minimum absolute atomic E-state index is 0.0398. The lowest BCUT2D eigenvalue weighted by Crippen LogP contribution is -2.24. The van der Waals surface area contributed by atoms with E-state index in [4.69, 9.17) is 10.8 Å². The van der Waals surface area contributed by atoms with Crippen LogP contribution < -0.4 is 5.73 Å². The topological polar surface area (TPSA) is 88.0 Å². The van der Waals surface area contributed by atoms with Crippen LogP contribution in [-0.2, 0) is 4.79 Å². The number of aliphatic hydroxyl groups excluding tert-OH is 1. The number of allylic oxidation sites excluding steroid dienone is 2. The molecule has 0 aromatic heterocycles. The number of Topliss-reactive ketones (excluding diaryl/α,β-unsaturated/α-hetero) is 1. The van der Waals surface area contributed by atoms with Crippen LogP contribution in [0.1, 0.15) is 13.3 Å². The maximum Gasteiger partial charge on any atom is 0.164 e. The third-order valence-electron chi connectivity index (χ3n) is 2.96. The maximum absolute atomic E-state index is 11.7. The summed E-state index contributed by atoms with van der Waals surface area (Å²) in [5.41, 5.74) is 9.02. The number of rotatable bonds is 3. The maximum atomic E-state index is 11.7. The summed E-state index contributed by atoms with van der Waals surface area (Å²) >= 11 is 0. The number of ketones is 1. The lowest BCUT2D eigenvalue weighted by Gasteiger charge is -2.13. The van der Waals surface area contributed by atoms with E-state index in [9.17, 15) is 4.79 Å². The van der Waals surface area contributed by atoms with E-state index in [2.05, 4.69) is 9.98 Å². The Bertz CT molecular complexity index is 598. The van der Waals surface area contributed by atoms with Crippen molar-refractivity contribution < 1.29 is 9.90 Å². The predicted molar refractivity (Wildman–Crippen MR) is 80.7 cm³/mol. The van der Waals surface area contributed by atoms with E-state index in [-0.39, 0.29) is 25.4 Å². The van der Waals surface area contributed by atoms with Crippen LogP contribution >= 0.6 is 0 Å². The van der Waals surface area contributed by atoms with E-state index in [0.29, 0.717) is 22.7 Å². The van der Waals surface area contributed by atoms with Crippen molar-refractivity contribution >= 4 is 28.6 Å². The highest BCUT2D eigenvalue weighted by Crippen LogP contribution is 2.18. The molecule has 0 amide bonds. The van der Waals surface area contributed by atoms with Gasteiger partial charge >= 0.3 is 0 Å². The normalized spacial score (nSPS) is 19.5.